The Balaban J connectivity index is 1.41. The molecule has 17 heavy (non-hydrogen) atoms. The fourth-order valence-corrected chi connectivity index (χ4v) is 2.58. The van der Waals surface area contributed by atoms with Gasteiger partial charge in [0.15, 0.2) is 6.29 Å². The van der Waals surface area contributed by atoms with Crippen LogP contribution in [0, 0.1) is 0 Å². The topological polar surface area (TPSA) is 40.2 Å². The van der Waals surface area contributed by atoms with E-state index in [9.17, 15) is 0 Å². The number of rotatable bonds is 3. The SMILES string of the molecule is c1ccc(CO[C@H]2O[C@H]3CO[C@H]2[C@H]2O[C@H]23)cc1. The van der Waals surface area contributed by atoms with E-state index in [1.807, 2.05) is 30.3 Å². The van der Waals surface area contributed by atoms with Crippen molar-refractivity contribution in [3.05, 3.63) is 35.9 Å². The van der Waals surface area contributed by atoms with Gasteiger partial charge in [0, 0.05) is 0 Å². The van der Waals surface area contributed by atoms with Crippen LogP contribution in [0.4, 0.5) is 0 Å². The van der Waals surface area contributed by atoms with E-state index in [1.165, 1.54) is 0 Å². The Labute approximate surface area is 99.4 Å². The van der Waals surface area contributed by atoms with E-state index in [0.29, 0.717) is 13.2 Å². The molecule has 4 aliphatic rings. The first-order chi connectivity index (χ1) is 8.42. The molecule has 0 aromatic heterocycles. The molecule has 2 bridgehead atoms. The van der Waals surface area contributed by atoms with Gasteiger partial charge in [-0.15, -0.1) is 0 Å². The molecule has 0 N–H and O–H groups in total. The maximum Gasteiger partial charge on any atom is 0.187 e. The molecule has 4 aliphatic heterocycles. The third-order valence-electron chi connectivity index (χ3n) is 3.54. The van der Waals surface area contributed by atoms with Crippen LogP contribution >= 0.6 is 0 Å². The highest BCUT2D eigenvalue weighted by Gasteiger charge is 2.62. The minimum Gasteiger partial charge on any atom is -0.367 e. The van der Waals surface area contributed by atoms with E-state index in [4.69, 9.17) is 18.9 Å². The molecule has 0 amide bonds. The fourth-order valence-electron chi connectivity index (χ4n) is 2.58. The second kappa shape index (κ2) is 3.78. The molecule has 4 fully saturated rings. The molecule has 1 aromatic rings. The van der Waals surface area contributed by atoms with Crippen molar-refractivity contribution in [1.29, 1.82) is 0 Å². The lowest BCUT2D eigenvalue weighted by Gasteiger charge is -2.38. The Morgan fingerprint density at radius 1 is 1.06 bits per heavy atom. The molecule has 0 unspecified atom stereocenters. The van der Waals surface area contributed by atoms with Crippen LogP contribution in [0.25, 0.3) is 0 Å². The second-order valence-electron chi connectivity index (χ2n) is 4.70. The molecule has 1 aromatic carbocycles. The summed E-state index contributed by atoms with van der Waals surface area (Å²) in [7, 11) is 0. The van der Waals surface area contributed by atoms with Crippen molar-refractivity contribution < 1.29 is 18.9 Å². The summed E-state index contributed by atoms with van der Waals surface area (Å²) >= 11 is 0. The Hall–Kier alpha value is -0.940. The number of fused-ring (bicyclic) bond motifs is 2. The van der Waals surface area contributed by atoms with Gasteiger partial charge in [0.1, 0.15) is 24.4 Å². The molecule has 4 nitrogen and oxygen atoms in total. The van der Waals surface area contributed by atoms with Crippen molar-refractivity contribution in [1.82, 2.24) is 0 Å². The van der Waals surface area contributed by atoms with Crippen LogP contribution in [0.3, 0.4) is 0 Å². The van der Waals surface area contributed by atoms with Crippen molar-refractivity contribution in [2.45, 2.75) is 37.3 Å². The first-order valence-corrected chi connectivity index (χ1v) is 6.00. The van der Waals surface area contributed by atoms with E-state index < -0.39 is 0 Å². The summed E-state index contributed by atoms with van der Waals surface area (Å²) in [5, 5.41) is 0. The van der Waals surface area contributed by atoms with Gasteiger partial charge in [-0.25, -0.2) is 0 Å². The zero-order valence-electron chi connectivity index (χ0n) is 9.32. The first kappa shape index (κ1) is 10.0. The average molecular weight is 234 g/mol. The maximum atomic E-state index is 5.79. The molecule has 5 atom stereocenters. The van der Waals surface area contributed by atoms with Crippen LogP contribution < -0.4 is 0 Å². The summed E-state index contributed by atoms with van der Waals surface area (Å²) in [5.74, 6) is 0. The second-order valence-corrected chi connectivity index (χ2v) is 4.70. The van der Waals surface area contributed by atoms with E-state index in [2.05, 4.69) is 0 Å². The Morgan fingerprint density at radius 2 is 1.94 bits per heavy atom. The monoisotopic (exact) mass is 234 g/mol. The summed E-state index contributed by atoms with van der Waals surface area (Å²) in [6.45, 7) is 1.19. The third kappa shape index (κ3) is 1.68. The quantitative estimate of drug-likeness (QED) is 0.734. The highest BCUT2D eigenvalue weighted by Crippen LogP contribution is 2.43. The zero-order chi connectivity index (χ0) is 11.2. The van der Waals surface area contributed by atoms with Crippen molar-refractivity contribution in [2.24, 2.45) is 0 Å². The van der Waals surface area contributed by atoms with Crippen LogP contribution in [-0.4, -0.2) is 37.3 Å². The molecule has 0 saturated carbocycles. The van der Waals surface area contributed by atoms with Gasteiger partial charge in [-0.2, -0.15) is 0 Å². The molecule has 4 heterocycles. The lowest BCUT2D eigenvalue weighted by molar-refractivity contribution is -0.294. The first-order valence-electron chi connectivity index (χ1n) is 6.00. The summed E-state index contributed by atoms with van der Waals surface area (Å²) in [6, 6.07) is 10.1. The molecule has 0 radical (unpaired) electrons. The molecular weight excluding hydrogens is 220 g/mol. The number of epoxide rings is 1. The van der Waals surface area contributed by atoms with Crippen LogP contribution in [0.5, 0.6) is 0 Å². The maximum absolute atomic E-state index is 5.79. The highest BCUT2D eigenvalue weighted by molar-refractivity contribution is 5.13. The van der Waals surface area contributed by atoms with Crippen LogP contribution in [0.1, 0.15) is 5.56 Å². The summed E-state index contributed by atoms with van der Waals surface area (Å²) in [5.41, 5.74) is 1.14. The van der Waals surface area contributed by atoms with Crippen LogP contribution in [-0.2, 0) is 25.6 Å². The van der Waals surface area contributed by atoms with Crippen LogP contribution in [0.2, 0.25) is 0 Å². The average Bonchev–Trinajstić information content (AvgIpc) is 3.20. The normalized spacial score (nSPS) is 42.2. The van der Waals surface area contributed by atoms with Gasteiger partial charge in [0.25, 0.3) is 0 Å². The smallest absolute Gasteiger partial charge is 0.187 e. The number of benzene rings is 1. The number of ether oxygens (including phenoxy) is 4. The van der Waals surface area contributed by atoms with Gasteiger partial charge in [-0.3, -0.25) is 0 Å². The van der Waals surface area contributed by atoms with Gasteiger partial charge in [0.2, 0.25) is 0 Å². The third-order valence-corrected chi connectivity index (χ3v) is 3.54. The van der Waals surface area contributed by atoms with Gasteiger partial charge >= 0.3 is 0 Å². The number of hydrogen-bond donors (Lipinski definition) is 0. The standard InChI is InChI=1S/C13H14O4/c1-2-4-8(5-3-1)6-15-13-12-11-10(17-11)9(16-13)7-14-12/h1-5,9-13H,6-7H2/t9-,10-,11-,12-,13-/m0/s1. The highest BCUT2D eigenvalue weighted by atomic mass is 16.8. The van der Waals surface area contributed by atoms with Gasteiger partial charge in [0.05, 0.1) is 13.2 Å². The largest absolute Gasteiger partial charge is 0.367 e. The van der Waals surface area contributed by atoms with Gasteiger partial charge < -0.3 is 18.9 Å². The fraction of sp³-hybridized carbons (Fsp3) is 0.538. The molecule has 4 heteroatoms. The predicted octanol–water partition coefficient (Wildman–Crippen LogP) is 1.09. The predicted molar refractivity (Wildman–Crippen MR) is 58.3 cm³/mol. The summed E-state index contributed by atoms with van der Waals surface area (Å²) in [4.78, 5) is 0. The van der Waals surface area contributed by atoms with Crippen molar-refractivity contribution >= 4 is 0 Å². The molecule has 4 saturated heterocycles. The van der Waals surface area contributed by atoms with Crippen molar-refractivity contribution in [3.63, 3.8) is 0 Å². The molecular formula is C13H14O4. The molecule has 0 aliphatic carbocycles. The molecule has 5 rings (SSSR count). The van der Waals surface area contributed by atoms with Gasteiger partial charge in [-0.1, -0.05) is 30.3 Å². The Kier molecular flexibility index (Phi) is 2.23. The molecule has 90 valence electrons. The van der Waals surface area contributed by atoms with Crippen molar-refractivity contribution in [2.75, 3.05) is 6.61 Å². The van der Waals surface area contributed by atoms with E-state index >= 15 is 0 Å². The molecule has 0 spiro atoms. The Bertz CT molecular complexity index is 407. The number of hydrogen-bond acceptors (Lipinski definition) is 4. The van der Waals surface area contributed by atoms with E-state index in [-0.39, 0.29) is 30.7 Å². The van der Waals surface area contributed by atoms with E-state index in [1.54, 1.807) is 0 Å². The van der Waals surface area contributed by atoms with Gasteiger partial charge in [-0.05, 0) is 5.56 Å². The van der Waals surface area contributed by atoms with E-state index in [0.717, 1.165) is 5.56 Å². The lowest BCUT2D eigenvalue weighted by Crippen LogP contribution is -2.55. The van der Waals surface area contributed by atoms with Crippen molar-refractivity contribution in [3.8, 4) is 0 Å². The lowest BCUT2D eigenvalue weighted by atomic mass is 10.0. The summed E-state index contributed by atoms with van der Waals surface area (Å²) in [6.07, 6.45) is 0.186. The van der Waals surface area contributed by atoms with Crippen LogP contribution in [0.15, 0.2) is 30.3 Å². The minimum atomic E-state index is -0.280. The minimum absolute atomic E-state index is 0.0475. The Morgan fingerprint density at radius 3 is 2.76 bits per heavy atom. The zero-order valence-corrected chi connectivity index (χ0v) is 9.32. The summed E-state index contributed by atoms with van der Waals surface area (Å²) < 4.78 is 22.7.